The summed E-state index contributed by atoms with van der Waals surface area (Å²) in [5.41, 5.74) is 2.38. The van der Waals surface area contributed by atoms with Crippen molar-refractivity contribution in [3.8, 4) is 11.5 Å². The second-order valence-corrected chi connectivity index (χ2v) is 8.92. The van der Waals surface area contributed by atoms with Gasteiger partial charge in [-0.3, -0.25) is 4.79 Å². The molecule has 0 spiro atoms. The first-order valence-corrected chi connectivity index (χ1v) is 11.2. The molecule has 1 atom stereocenters. The molecular weight excluding hydrogens is 472 g/mol. The van der Waals surface area contributed by atoms with Crippen LogP contribution >= 0.6 is 23.8 Å². The smallest absolute Gasteiger partial charge is 0.231 e. The molecule has 3 heterocycles. The highest BCUT2D eigenvalue weighted by Gasteiger charge is 2.33. The fourth-order valence-corrected chi connectivity index (χ4v) is 4.95. The van der Waals surface area contributed by atoms with Gasteiger partial charge in [-0.1, -0.05) is 17.7 Å². The van der Waals surface area contributed by atoms with Crippen molar-refractivity contribution in [2.45, 2.75) is 31.8 Å². The lowest BCUT2D eigenvalue weighted by Crippen LogP contribution is -2.26. The number of halogens is 3. The molecule has 6 nitrogen and oxygen atoms in total. The van der Waals surface area contributed by atoms with Gasteiger partial charge in [0.15, 0.2) is 16.3 Å². The molecule has 0 bridgehead atoms. The molecule has 0 radical (unpaired) electrons. The van der Waals surface area contributed by atoms with Gasteiger partial charge >= 0.3 is 0 Å². The van der Waals surface area contributed by atoms with E-state index in [1.807, 2.05) is 22.8 Å². The Balaban J connectivity index is 1.32. The van der Waals surface area contributed by atoms with Crippen LogP contribution in [-0.2, 0) is 37.8 Å². The highest BCUT2D eigenvalue weighted by Crippen LogP contribution is 2.37. The van der Waals surface area contributed by atoms with E-state index in [2.05, 4.69) is 5.32 Å². The normalized spacial score (nSPS) is 16.2. The molecule has 172 valence electrons. The summed E-state index contributed by atoms with van der Waals surface area (Å²) in [5.74, 6) is -0.675. The molecule has 5 rings (SSSR count). The lowest BCUT2D eigenvalue weighted by Gasteiger charge is -2.14. The zero-order chi connectivity index (χ0) is 23.3. The van der Waals surface area contributed by atoms with Gasteiger partial charge in [0, 0.05) is 43.0 Å². The molecule has 10 heteroatoms. The molecule has 2 aromatic carbocycles. The number of carbonyl (C=O) groups excluding carboxylic acids is 1. The first-order valence-electron chi connectivity index (χ1n) is 10.4. The molecule has 0 saturated carbocycles. The van der Waals surface area contributed by atoms with Crippen molar-refractivity contribution >= 4 is 29.7 Å². The molecule has 1 aromatic heterocycles. The molecular formula is C23H20ClF2N3O3S. The van der Waals surface area contributed by atoms with E-state index in [1.54, 1.807) is 11.6 Å². The largest absolute Gasteiger partial charge is 0.454 e. The molecule has 2 aliphatic rings. The summed E-state index contributed by atoms with van der Waals surface area (Å²) in [4.78, 5) is 12.7. The van der Waals surface area contributed by atoms with Crippen LogP contribution < -0.4 is 14.8 Å². The number of ether oxygens (including phenoxy) is 2. The van der Waals surface area contributed by atoms with Crippen LogP contribution in [0.1, 0.15) is 28.4 Å². The third-order valence-corrected chi connectivity index (χ3v) is 6.95. The molecule has 33 heavy (non-hydrogen) atoms. The predicted molar refractivity (Wildman–Crippen MR) is 120 cm³/mol. The van der Waals surface area contributed by atoms with Crippen LogP contribution in [0.15, 0.2) is 30.3 Å². The average molecular weight is 492 g/mol. The molecule has 0 saturated heterocycles. The second-order valence-electron chi connectivity index (χ2n) is 8.14. The second kappa shape index (κ2) is 8.46. The summed E-state index contributed by atoms with van der Waals surface area (Å²) in [6, 6.07) is 7.89. The number of nitrogens with one attached hydrogen (secondary N) is 1. The Morgan fingerprint density at radius 1 is 1.24 bits per heavy atom. The van der Waals surface area contributed by atoms with Crippen molar-refractivity contribution in [2.75, 3.05) is 6.79 Å². The van der Waals surface area contributed by atoms with Crippen LogP contribution in [0, 0.1) is 16.4 Å². The van der Waals surface area contributed by atoms with Crippen molar-refractivity contribution in [1.82, 2.24) is 14.5 Å². The Hall–Kier alpha value is -2.91. The van der Waals surface area contributed by atoms with Crippen LogP contribution in [0.2, 0.25) is 5.02 Å². The molecule has 1 N–H and O–H groups in total. The van der Waals surface area contributed by atoms with E-state index in [0.29, 0.717) is 35.8 Å². The van der Waals surface area contributed by atoms with Crippen molar-refractivity contribution in [1.29, 1.82) is 0 Å². The minimum Gasteiger partial charge on any atom is -0.454 e. The Bertz CT molecular complexity index is 1340. The van der Waals surface area contributed by atoms with Crippen LogP contribution in [0.4, 0.5) is 8.78 Å². The highest BCUT2D eigenvalue weighted by atomic mass is 35.5. The number of amides is 1. The fourth-order valence-electron chi connectivity index (χ4n) is 4.49. The molecule has 0 aliphatic carbocycles. The first-order chi connectivity index (χ1) is 15.8. The third kappa shape index (κ3) is 3.89. The Kier molecular flexibility index (Phi) is 5.62. The van der Waals surface area contributed by atoms with Gasteiger partial charge in [-0.05, 0) is 48.5 Å². The van der Waals surface area contributed by atoms with Crippen LogP contribution in [0.25, 0.3) is 0 Å². The maximum Gasteiger partial charge on any atom is 0.231 e. The summed E-state index contributed by atoms with van der Waals surface area (Å²) in [6.07, 6.45) is 0.462. The number of hydrogen-bond acceptors (Lipinski definition) is 4. The molecule has 3 aromatic rings. The van der Waals surface area contributed by atoms with E-state index in [9.17, 15) is 13.6 Å². The summed E-state index contributed by atoms with van der Waals surface area (Å²) >= 11 is 11.4. The molecule has 1 unspecified atom stereocenters. The van der Waals surface area contributed by atoms with Crippen LogP contribution in [-0.4, -0.2) is 21.8 Å². The maximum absolute atomic E-state index is 14.6. The number of hydrogen-bond donors (Lipinski definition) is 1. The zero-order valence-electron chi connectivity index (χ0n) is 17.7. The lowest BCUT2D eigenvalue weighted by atomic mass is 9.95. The van der Waals surface area contributed by atoms with Gasteiger partial charge in [0.25, 0.3) is 0 Å². The van der Waals surface area contributed by atoms with Gasteiger partial charge < -0.3 is 23.9 Å². The summed E-state index contributed by atoms with van der Waals surface area (Å²) in [6.45, 7) is 0.849. The van der Waals surface area contributed by atoms with Gasteiger partial charge in [-0.25, -0.2) is 8.78 Å². The number of benzene rings is 2. The van der Waals surface area contributed by atoms with Gasteiger partial charge in [-0.15, -0.1) is 0 Å². The minimum absolute atomic E-state index is 0.0403. The standard InChI is InChI=1S/C23H20ClF2N3O3S/c1-28-16(8-20(30)27-9-12-2-5-18-19(6-12)32-11-31-18)17-7-13(10-29(17)23(28)33)21-15(25)4-3-14(24)22(21)26/h2-6,13H,7-11H2,1H3,(H,27,30). The molecule has 2 aliphatic heterocycles. The average Bonchev–Trinajstić information content (AvgIpc) is 3.49. The topological polar surface area (TPSA) is 57.4 Å². The van der Waals surface area contributed by atoms with Gasteiger partial charge in [0.1, 0.15) is 11.6 Å². The van der Waals surface area contributed by atoms with E-state index in [0.717, 1.165) is 17.0 Å². The summed E-state index contributed by atoms with van der Waals surface area (Å²) < 4.78 is 43.8. The summed E-state index contributed by atoms with van der Waals surface area (Å²) in [5, 5.41) is 2.79. The maximum atomic E-state index is 14.6. The summed E-state index contributed by atoms with van der Waals surface area (Å²) in [7, 11) is 1.80. The Labute approximate surface area is 198 Å². The number of carbonyl (C=O) groups is 1. The van der Waals surface area contributed by atoms with Gasteiger partial charge in [0.2, 0.25) is 12.7 Å². The van der Waals surface area contributed by atoms with Crippen molar-refractivity contribution in [3.63, 3.8) is 0 Å². The number of imidazole rings is 1. The van der Waals surface area contributed by atoms with Gasteiger partial charge in [-0.2, -0.15) is 0 Å². The molecule has 0 fully saturated rings. The van der Waals surface area contributed by atoms with Crippen molar-refractivity contribution < 1.29 is 23.0 Å². The highest BCUT2D eigenvalue weighted by molar-refractivity contribution is 7.71. The quantitative estimate of drug-likeness (QED) is 0.424. The fraction of sp³-hybridized carbons (Fsp3) is 0.304. The van der Waals surface area contributed by atoms with Crippen molar-refractivity contribution in [3.05, 3.63) is 74.3 Å². The molecule has 1 amide bonds. The number of rotatable bonds is 5. The number of nitrogens with zero attached hydrogens (tertiary/aromatic N) is 2. The van der Waals surface area contributed by atoms with E-state index in [4.69, 9.17) is 33.3 Å². The van der Waals surface area contributed by atoms with Crippen LogP contribution in [0.3, 0.4) is 0 Å². The number of aromatic nitrogens is 2. The van der Waals surface area contributed by atoms with E-state index in [-0.39, 0.29) is 29.7 Å². The predicted octanol–water partition coefficient (Wildman–Crippen LogP) is 4.42. The zero-order valence-corrected chi connectivity index (χ0v) is 19.2. The lowest BCUT2D eigenvalue weighted by molar-refractivity contribution is -0.120. The Morgan fingerprint density at radius 3 is 2.85 bits per heavy atom. The van der Waals surface area contributed by atoms with E-state index in [1.165, 1.54) is 12.1 Å². The monoisotopic (exact) mass is 491 g/mol. The van der Waals surface area contributed by atoms with Gasteiger partial charge in [0.05, 0.1) is 11.4 Å². The van der Waals surface area contributed by atoms with Crippen LogP contribution in [0.5, 0.6) is 11.5 Å². The Morgan fingerprint density at radius 2 is 2.03 bits per heavy atom. The SMILES string of the molecule is Cn1c(CC(=O)NCc2ccc3c(c2)OCO3)c2n(c1=S)CC(c1c(F)ccc(Cl)c1F)C2. The third-order valence-electron chi connectivity index (χ3n) is 6.17. The van der Waals surface area contributed by atoms with E-state index < -0.39 is 17.6 Å². The number of fused-ring (bicyclic) bond motifs is 2. The van der Waals surface area contributed by atoms with E-state index >= 15 is 0 Å². The first kappa shape index (κ1) is 21.9. The minimum atomic E-state index is -0.745. The van der Waals surface area contributed by atoms with Crippen molar-refractivity contribution in [2.24, 2.45) is 7.05 Å².